The van der Waals surface area contributed by atoms with Crippen LogP contribution in [0.15, 0.2) is 41.0 Å². The first-order valence-corrected chi connectivity index (χ1v) is 3.72. The first kappa shape index (κ1) is 8.04. The van der Waals surface area contributed by atoms with Gasteiger partial charge in [-0.3, -0.25) is 4.79 Å². The molecule has 1 aliphatic carbocycles. The molecule has 2 rings (SSSR count). The number of fused-ring (bicyclic) bond motifs is 1. The highest BCUT2D eigenvalue weighted by atomic mass is 19.1. The lowest BCUT2D eigenvalue weighted by molar-refractivity contribution is -0.113. The van der Waals surface area contributed by atoms with Crippen molar-refractivity contribution >= 4 is 11.6 Å². The lowest BCUT2D eigenvalue weighted by Crippen LogP contribution is -2.21. The van der Waals surface area contributed by atoms with Gasteiger partial charge in [-0.05, 0) is 12.2 Å². The summed E-state index contributed by atoms with van der Waals surface area (Å²) in [6, 6.07) is 0. The van der Waals surface area contributed by atoms with E-state index in [0.717, 1.165) is 18.2 Å². The number of hydrogen-bond donors (Lipinski definition) is 0. The molecule has 2 nitrogen and oxygen atoms in total. The quantitative estimate of drug-likeness (QED) is 0.560. The molecule has 1 amide bonds. The fourth-order valence-corrected chi connectivity index (χ4v) is 1.26. The Labute approximate surface area is 73.0 Å². The van der Waals surface area contributed by atoms with Crippen molar-refractivity contribution in [2.45, 2.75) is 0 Å². The van der Waals surface area contributed by atoms with Crippen LogP contribution in [-0.4, -0.2) is 11.6 Å². The number of rotatable bonds is 0. The standard InChI is InChI=1S/C9H5F2NO/c10-6-2-3-7(11)9-5(6)1-4-8(13)12-9/h1-5H. The van der Waals surface area contributed by atoms with Crippen LogP contribution in [0.25, 0.3) is 0 Å². The highest BCUT2D eigenvalue weighted by Gasteiger charge is 2.28. The Morgan fingerprint density at radius 2 is 2.08 bits per heavy atom. The van der Waals surface area contributed by atoms with E-state index in [1.54, 1.807) is 0 Å². The molecular weight excluding hydrogens is 176 g/mol. The zero-order valence-electron chi connectivity index (χ0n) is 6.50. The van der Waals surface area contributed by atoms with Gasteiger partial charge in [0.1, 0.15) is 11.7 Å². The number of halogens is 2. The van der Waals surface area contributed by atoms with Crippen LogP contribution in [0.5, 0.6) is 0 Å². The summed E-state index contributed by atoms with van der Waals surface area (Å²) in [5, 5.41) is 0. The van der Waals surface area contributed by atoms with Crippen LogP contribution in [-0.2, 0) is 4.79 Å². The fourth-order valence-electron chi connectivity index (χ4n) is 1.26. The van der Waals surface area contributed by atoms with Crippen LogP contribution in [0.4, 0.5) is 8.78 Å². The van der Waals surface area contributed by atoms with Crippen LogP contribution in [0, 0.1) is 5.92 Å². The van der Waals surface area contributed by atoms with Crippen LogP contribution in [0.3, 0.4) is 0 Å². The van der Waals surface area contributed by atoms with Crippen molar-refractivity contribution in [3.63, 3.8) is 0 Å². The Kier molecular flexibility index (Phi) is 1.69. The molecule has 0 radical (unpaired) electrons. The molecule has 0 saturated carbocycles. The largest absolute Gasteiger partial charge is 0.269 e. The highest BCUT2D eigenvalue weighted by Crippen LogP contribution is 2.28. The molecule has 0 aromatic rings. The summed E-state index contributed by atoms with van der Waals surface area (Å²) < 4.78 is 26.0. The fraction of sp³-hybridized carbons (Fsp3) is 0.111. The van der Waals surface area contributed by atoms with E-state index in [4.69, 9.17) is 0 Å². The van der Waals surface area contributed by atoms with Crippen LogP contribution in [0.2, 0.25) is 0 Å². The summed E-state index contributed by atoms with van der Waals surface area (Å²) in [6.45, 7) is 0. The van der Waals surface area contributed by atoms with Gasteiger partial charge in [0.15, 0.2) is 0 Å². The topological polar surface area (TPSA) is 29.4 Å². The van der Waals surface area contributed by atoms with E-state index in [9.17, 15) is 13.6 Å². The van der Waals surface area contributed by atoms with Gasteiger partial charge in [-0.25, -0.2) is 13.8 Å². The third-order valence-corrected chi connectivity index (χ3v) is 1.89. The Morgan fingerprint density at radius 1 is 1.31 bits per heavy atom. The lowest BCUT2D eigenvalue weighted by Gasteiger charge is -2.17. The van der Waals surface area contributed by atoms with E-state index < -0.39 is 23.5 Å². The van der Waals surface area contributed by atoms with Crippen LogP contribution < -0.4 is 0 Å². The predicted molar refractivity (Wildman–Crippen MR) is 43.5 cm³/mol. The van der Waals surface area contributed by atoms with E-state index in [0.29, 0.717) is 0 Å². The molecule has 0 aromatic heterocycles. The average Bonchev–Trinajstić information content (AvgIpc) is 2.12. The second-order valence-electron chi connectivity index (χ2n) is 2.74. The van der Waals surface area contributed by atoms with E-state index in [-0.39, 0.29) is 5.71 Å². The van der Waals surface area contributed by atoms with Gasteiger partial charge < -0.3 is 0 Å². The molecule has 1 unspecified atom stereocenters. The zero-order chi connectivity index (χ0) is 9.42. The normalized spacial score (nSPS) is 26.2. The molecule has 0 fully saturated rings. The molecule has 13 heavy (non-hydrogen) atoms. The van der Waals surface area contributed by atoms with E-state index in [1.165, 1.54) is 6.08 Å². The summed E-state index contributed by atoms with van der Waals surface area (Å²) in [4.78, 5) is 14.2. The van der Waals surface area contributed by atoms with Crippen LogP contribution >= 0.6 is 0 Å². The number of hydrogen-bond acceptors (Lipinski definition) is 1. The Hall–Kier alpha value is -1.58. The average molecular weight is 181 g/mol. The van der Waals surface area contributed by atoms with Gasteiger partial charge in [-0.1, -0.05) is 6.08 Å². The molecule has 66 valence electrons. The molecule has 0 N–H and O–H groups in total. The van der Waals surface area contributed by atoms with Gasteiger partial charge in [0.2, 0.25) is 0 Å². The SMILES string of the molecule is O=C1C=CC2C(F)=CC=C(F)C2=N1. The van der Waals surface area contributed by atoms with Crippen molar-refractivity contribution in [3.8, 4) is 0 Å². The van der Waals surface area contributed by atoms with E-state index in [2.05, 4.69) is 4.99 Å². The van der Waals surface area contributed by atoms with Crippen molar-refractivity contribution in [2.24, 2.45) is 10.9 Å². The first-order chi connectivity index (χ1) is 6.18. The molecule has 1 aliphatic heterocycles. The van der Waals surface area contributed by atoms with Gasteiger partial charge in [-0.15, -0.1) is 0 Å². The molecule has 0 saturated heterocycles. The predicted octanol–water partition coefficient (Wildman–Crippen LogP) is 1.86. The number of nitrogens with zero attached hydrogens (tertiary/aromatic N) is 1. The van der Waals surface area contributed by atoms with Crippen molar-refractivity contribution in [1.82, 2.24) is 0 Å². The van der Waals surface area contributed by atoms with Gasteiger partial charge in [0.05, 0.1) is 11.6 Å². The summed E-state index contributed by atoms with van der Waals surface area (Å²) >= 11 is 0. The molecule has 0 aromatic carbocycles. The maximum absolute atomic E-state index is 13.0. The second-order valence-corrected chi connectivity index (χ2v) is 2.74. The van der Waals surface area contributed by atoms with Gasteiger partial charge in [0, 0.05) is 6.08 Å². The Balaban J connectivity index is 2.49. The number of aliphatic imine (C=N–C) groups is 1. The first-order valence-electron chi connectivity index (χ1n) is 3.72. The second kappa shape index (κ2) is 2.73. The number of carbonyl (C=O) groups excluding carboxylic acids is 1. The van der Waals surface area contributed by atoms with Crippen LogP contribution in [0.1, 0.15) is 0 Å². The maximum Gasteiger partial charge on any atom is 0.269 e. The lowest BCUT2D eigenvalue weighted by atomic mass is 9.94. The van der Waals surface area contributed by atoms with Crippen molar-refractivity contribution in [2.75, 3.05) is 0 Å². The number of carbonyl (C=O) groups is 1. The van der Waals surface area contributed by atoms with Crippen molar-refractivity contribution in [1.29, 1.82) is 0 Å². The summed E-state index contributed by atoms with van der Waals surface area (Å²) in [5.41, 5.74) is -0.132. The number of amides is 1. The number of allylic oxidation sites excluding steroid dienone is 5. The van der Waals surface area contributed by atoms with Gasteiger partial charge >= 0.3 is 0 Å². The minimum absolute atomic E-state index is 0.132. The molecule has 1 heterocycles. The minimum Gasteiger partial charge on any atom is -0.267 e. The van der Waals surface area contributed by atoms with Crippen molar-refractivity contribution < 1.29 is 13.6 Å². The summed E-state index contributed by atoms with van der Waals surface area (Å²) in [6.07, 6.45) is 4.46. The molecule has 4 heteroatoms. The minimum atomic E-state index is -0.817. The smallest absolute Gasteiger partial charge is 0.267 e. The monoisotopic (exact) mass is 181 g/mol. The summed E-state index contributed by atoms with van der Waals surface area (Å²) in [7, 11) is 0. The van der Waals surface area contributed by atoms with E-state index >= 15 is 0 Å². The number of dihydropyridines is 1. The molecular formula is C9H5F2NO. The molecule has 2 aliphatic rings. The third-order valence-electron chi connectivity index (χ3n) is 1.89. The Morgan fingerprint density at radius 3 is 2.85 bits per heavy atom. The van der Waals surface area contributed by atoms with Gasteiger partial charge in [0.25, 0.3) is 5.91 Å². The summed E-state index contributed by atoms with van der Waals surface area (Å²) in [5.74, 6) is -2.51. The third kappa shape index (κ3) is 1.24. The Bertz CT molecular complexity index is 390. The van der Waals surface area contributed by atoms with Crippen molar-refractivity contribution in [3.05, 3.63) is 36.0 Å². The maximum atomic E-state index is 13.0. The molecule has 1 atom stereocenters. The molecule has 0 bridgehead atoms. The molecule has 0 spiro atoms. The van der Waals surface area contributed by atoms with E-state index in [1.807, 2.05) is 0 Å². The zero-order valence-corrected chi connectivity index (χ0v) is 6.50. The highest BCUT2D eigenvalue weighted by molar-refractivity contribution is 6.13. The van der Waals surface area contributed by atoms with Gasteiger partial charge in [-0.2, -0.15) is 0 Å².